The Morgan fingerprint density at radius 3 is 2.54 bits per heavy atom. The van der Waals surface area contributed by atoms with Crippen molar-refractivity contribution in [2.24, 2.45) is 0 Å². The Balaban J connectivity index is 2.58. The van der Waals surface area contributed by atoms with Gasteiger partial charge in [-0.15, -0.1) is 0 Å². The number of nitrogen functional groups attached to an aromatic ring is 1. The van der Waals surface area contributed by atoms with E-state index in [1.807, 2.05) is 12.1 Å². The highest BCUT2D eigenvalue weighted by Gasteiger charge is 2.02. The zero-order valence-corrected chi connectivity index (χ0v) is 8.25. The molecule has 0 atom stereocenters. The van der Waals surface area contributed by atoms with Gasteiger partial charge in [-0.2, -0.15) is 0 Å². The molecule has 0 aliphatic carbocycles. The lowest BCUT2D eigenvalue weighted by Crippen LogP contribution is -2.17. The maximum absolute atomic E-state index is 5.53. The predicted octanol–water partition coefficient (Wildman–Crippen LogP) is 2.26. The van der Waals surface area contributed by atoms with Gasteiger partial charge in [-0.05, 0) is 25.0 Å². The van der Waals surface area contributed by atoms with Gasteiger partial charge < -0.3 is 11.1 Å². The number of hydrogen-bond donors (Lipinski definition) is 2. The van der Waals surface area contributed by atoms with Gasteiger partial charge in [-0.1, -0.05) is 13.8 Å². The minimum absolute atomic E-state index is 0.510. The number of aromatic nitrogens is 1. The van der Waals surface area contributed by atoms with Gasteiger partial charge in [0.1, 0.15) is 5.82 Å². The van der Waals surface area contributed by atoms with Crippen molar-refractivity contribution < 1.29 is 0 Å². The number of pyridine rings is 1. The molecule has 1 rings (SSSR count). The Kier molecular flexibility index (Phi) is 3.55. The summed E-state index contributed by atoms with van der Waals surface area (Å²) in [6.07, 6.45) is 3.90. The van der Waals surface area contributed by atoms with Crippen molar-refractivity contribution >= 4 is 11.5 Å². The van der Waals surface area contributed by atoms with E-state index in [1.165, 1.54) is 0 Å². The molecule has 0 spiro atoms. The molecule has 72 valence electrons. The van der Waals surface area contributed by atoms with Crippen LogP contribution in [0.25, 0.3) is 0 Å². The molecule has 0 saturated heterocycles. The van der Waals surface area contributed by atoms with E-state index >= 15 is 0 Å². The highest BCUT2D eigenvalue weighted by molar-refractivity contribution is 5.44. The van der Waals surface area contributed by atoms with Crippen LogP contribution in [0.2, 0.25) is 0 Å². The Morgan fingerprint density at radius 2 is 2.08 bits per heavy atom. The summed E-state index contributed by atoms with van der Waals surface area (Å²) in [5, 5.41) is 3.34. The maximum atomic E-state index is 5.53. The lowest BCUT2D eigenvalue weighted by atomic mass is 10.2. The lowest BCUT2D eigenvalue weighted by Gasteiger charge is -2.14. The summed E-state index contributed by atoms with van der Waals surface area (Å²) in [7, 11) is 0. The molecule has 0 aliphatic rings. The van der Waals surface area contributed by atoms with E-state index in [1.54, 1.807) is 6.20 Å². The van der Waals surface area contributed by atoms with Crippen molar-refractivity contribution in [1.82, 2.24) is 4.98 Å². The molecular formula is C10H17N3. The van der Waals surface area contributed by atoms with Gasteiger partial charge in [0.15, 0.2) is 0 Å². The number of rotatable bonds is 4. The summed E-state index contributed by atoms with van der Waals surface area (Å²) < 4.78 is 0. The number of nitrogens with one attached hydrogen (secondary N) is 1. The van der Waals surface area contributed by atoms with Crippen LogP contribution in [0.15, 0.2) is 18.3 Å². The summed E-state index contributed by atoms with van der Waals surface area (Å²) in [4.78, 5) is 4.18. The quantitative estimate of drug-likeness (QED) is 0.745. The van der Waals surface area contributed by atoms with E-state index in [9.17, 15) is 0 Å². The van der Waals surface area contributed by atoms with Gasteiger partial charge in [0, 0.05) is 6.04 Å². The van der Waals surface area contributed by atoms with Gasteiger partial charge in [-0.3, -0.25) is 0 Å². The Bertz CT molecular complexity index is 239. The minimum atomic E-state index is 0.510. The topological polar surface area (TPSA) is 50.9 Å². The fraction of sp³-hybridized carbons (Fsp3) is 0.500. The van der Waals surface area contributed by atoms with E-state index in [0.29, 0.717) is 11.7 Å². The average Bonchev–Trinajstić information content (AvgIpc) is 2.17. The molecule has 3 heteroatoms. The molecule has 3 N–H and O–H groups in total. The molecule has 0 bridgehead atoms. The van der Waals surface area contributed by atoms with Crippen molar-refractivity contribution in [2.75, 3.05) is 11.1 Å². The first-order valence-electron chi connectivity index (χ1n) is 4.74. The largest absolute Gasteiger partial charge is 0.397 e. The zero-order chi connectivity index (χ0) is 9.68. The van der Waals surface area contributed by atoms with Gasteiger partial charge in [-0.25, -0.2) is 4.98 Å². The summed E-state index contributed by atoms with van der Waals surface area (Å²) in [6, 6.07) is 4.28. The molecule has 3 nitrogen and oxygen atoms in total. The smallest absolute Gasteiger partial charge is 0.126 e. The highest BCUT2D eigenvalue weighted by atomic mass is 15.0. The Morgan fingerprint density at radius 1 is 1.38 bits per heavy atom. The number of nitrogens with two attached hydrogens (primary N) is 1. The molecule has 1 aromatic heterocycles. The number of anilines is 2. The average molecular weight is 179 g/mol. The number of nitrogens with zero attached hydrogens (tertiary/aromatic N) is 1. The molecule has 0 aromatic carbocycles. The van der Waals surface area contributed by atoms with E-state index in [0.717, 1.165) is 18.7 Å². The summed E-state index contributed by atoms with van der Waals surface area (Å²) in [5.41, 5.74) is 6.24. The Hall–Kier alpha value is -1.25. The van der Waals surface area contributed by atoms with E-state index in [4.69, 9.17) is 5.73 Å². The lowest BCUT2D eigenvalue weighted by molar-refractivity contribution is 0.668. The molecule has 0 fully saturated rings. The van der Waals surface area contributed by atoms with Crippen molar-refractivity contribution in [3.63, 3.8) is 0 Å². The van der Waals surface area contributed by atoms with Crippen molar-refractivity contribution in [1.29, 1.82) is 0 Å². The van der Waals surface area contributed by atoms with Crippen LogP contribution in [0.5, 0.6) is 0 Å². The zero-order valence-electron chi connectivity index (χ0n) is 8.25. The van der Waals surface area contributed by atoms with Crippen LogP contribution in [-0.4, -0.2) is 11.0 Å². The van der Waals surface area contributed by atoms with Gasteiger partial charge in [0.2, 0.25) is 0 Å². The van der Waals surface area contributed by atoms with Crippen molar-refractivity contribution in [3.8, 4) is 0 Å². The molecule has 1 heterocycles. The molecule has 13 heavy (non-hydrogen) atoms. The molecule has 0 saturated carbocycles. The van der Waals surface area contributed by atoms with Crippen molar-refractivity contribution in [2.45, 2.75) is 32.7 Å². The van der Waals surface area contributed by atoms with E-state index in [-0.39, 0.29) is 0 Å². The maximum Gasteiger partial charge on any atom is 0.126 e. The van der Waals surface area contributed by atoms with E-state index < -0.39 is 0 Å². The number of hydrogen-bond acceptors (Lipinski definition) is 3. The van der Waals surface area contributed by atoms with Gasteiger partial charge >= 0.3 is 0 Å². The molecule has 0 unspecified atom stereocenters. The second-order valence-corrected chi connectivity index (χ2v) is 3.13. The van der Waals surface area contributed by atoms with Crippen LogP contribution in [-0.2, 0) is 0 Å². The molecule has 0 amide bonds. The second-order valence-electron chi connectivity index (χ2n) is 3.13. The first-order valence-corrected chi connectivity index (χ1v) is 4.74. The SMILES string of the molecule is CCC(CC)Nc1ccc(N)cn1. The van der Waals surface area contributed by atoms with Gasteiger partial charge in [0.05, 0.1) is 11.9 Å². The molecular weight excluding hydrogens is 162 g/mol. The molecule has 0 aliphatic heterocycles. The van der Waals surface area contributed by atoms with Crippen LogP contribution in [0, 0.1) is 0 Å². The van der Waals surface area contributed by atoms with Gasteiger partial charge in [0.25, 0.3) is 0 Å². The minimum Gasteiger partial charge on any atom is -0.397 e. The monoisotopic (exact) mass is 179 g/mol. The molecule has 0 radical (unpaired) electrons. The highest BCUT2D eigenvalue weighted by Crippen LogP contribution is 2.10. The molecule has 1 aromatic rings. The summed E-state index contributed by atoms with van der Waals surface area (Å²) >= 11 is 0. The van der Waals surface area contributed by atoms with Crippen LogP contribution in [0.3, 0.4) is 0 Å². The third-order valence-electron chi connectivity index (χ3n) is 2.12. The fourth-order valence-electron chi connectivity index (χ4n) is 1.19. The van der Waals surface area contributed by atoms with Crippen LogP contribution >= 0.6 is 0 Å². The van der Waals surface area contributed by atoms with Crippen LogP contribution in [0.1, 0.15) is 26.7 Å². The third kappa shape index (κ3) is 2.93. The van der Waals surface area contributed by atoms with E-state index in [2.05, 4.69) is 24.1 Å². The normalized spacial score (nSPS) is 10.4. The Labute approximate surface area is 79.4 Å². The first kappa shape index (κ1) is 9.84. The van der Waals surface area contributed by atoms with Crippen LogP contribution in [0.4, 0.5) is 11.5 Å². The summed E-state index contributed by atoms with van der Waals surface area (Å²) in [5.74, 6) is 0.905. The first-order chi connectivity index (χ1) is 6.26. The summed E-state index contributed by atoms with van der Waals surface area (Å²) in [6.45, 7) is 4.33. The standard InChI is InChI=1S/C10H17N3/c1-3-9(4-2)13-10-6-5-8(11)7-12-10/h5-7,9H,3-4,11H2,1-2H3,(H,12,13). The fourth-order valence-corrected chi connectivity index (χ4v) is 1.19. The van der Waals surface area contributed by atoms with Crippen LogP contribution < -0.4 is 11.1 Å². The predicted molar refractivity (Wildman–Crippen MR) is 56.6 cm³/mol. The van der Waals surface area contributed by atoms with Crippen molar-refractivity contribution in [3.05, 3.63) is 18.3 Å². The third-order valence-corrected chi connectivity index (χ3v) is 2.12. The second kappa shape index (κ2) is 4.70.